The molecule has 6 nitrogen and oxygen atoms in total. The molecule has 0 saturated carbocycles. The van der Waals surface area contributed by atoms with Crippen molar-refractivity contribution in [1.82, 2.24) is 0 Å². The SMILES string of the molecule is c1ccc(-c2ccccc2N(c2ccccc2)c2cc3c4c(c2)N(c2ccccc2-c2ccccc2)c2cc5c(cc2B4c2ccccc2N3c2ccccc2-c2ccccc2)B2c3ccccc3N(c3ccccc3-c3ccccc3)c3cc(N(c4ccccc4)c4ccccc4-c4ccccc4)cc(c32)N5c2c(-c3ccccc3)cccc2-c2ccccc2)cc1. The molecule has 8 heteroatoms. The van der Waals surface area contributed by atoms with Gasteiger partial charge in [0, 0.05) is 95.8 Å². The standard InChI is InChI=1S/C120H82B2N6/c1-10-43-83(44-11-1)94-61-28-35-70-105(94)123(90-57-24-8-25-58-90)92-77-114-118-116(79-92)127(109-74-39-32-65-98(109)87-51-18-5-19-52-87)112-82-113-104(81-103(112)121(118)101-68-33-40-75-110(101)125(114)107-72-37-30-63-96(107)85-47-14-3-15-48-85)122-102-69-34-41-76-111(102)126(108-73-38-31-64-97(108)86-49-16-4-17-50-86)115-78-93(124(91-59-26-9-27-60-91)106-71-36-29-62-95(106)84-45-12-2-13-46-84)80-117(119(115)122)128(113)120-99(88-53-20-6-21-54-88)66-42-67-100(120)89-55-22-7-23-56-89/h1-82H. The number of hydrogen-bond acceptors (Lipinski definition) is 6. The molecule has 4 heterocycles. The minimum Gasteiger partial charge on any atom is -0.311 e. The summed E-state index contributed by atoms with van der Waals surface area (Å²) < 4.78 is 0. The highest BCUT2D eigenvalue weighted by Gasteiger charge is 2.50. The maximum absolute atomic E-state index is 2.73. The van der Waals surface area contributed by atoms with E-state index in [1.54, 1.807) is 0 Å². The summed E-state index contributed by atoms with van der Waals surface area (Å²) in [6.07, 6.45) is 0. The van der Waals surface area contributed by atoms with Gasteiger partial charge in [-0.1, -0.05) is 400 Å². The molecule has 20 aromatic rings. The minimum atomic E-state index is -0.363. The van der Waals surface area contributed by atoms with Gasteiger partial charge in [-0.25, -0.2) is 0 Å². The van der Waals surface area contributed by atoms with Crippen molar-refractivity contribution in [2.24, 2.45) is 0 Å². The second kappa shape index (κ2) is 31.9. The zero-order valence-electron chi connectivity index (χ0n) is 70.2. The highest BCUT2D eigenvalue weighted by atomic mass is 15.2. The van der Waals surface area contributed by atoms with Crippen LogP contribution in [0.5, 0.6) is 0 Å². The molecule has 0 unspecified atom stereocenters. The largest absolute Gasteiger partial charge is 0.311 e. The van der Waals surface area contributed by atoms with Gasteiger partial charge in [0.05, 0.1) is 45.5 Å². The number of hydrogen-bond donors (Lipinski definition) is 0. The first-order valence-corrected chi connectivity index (χ1v) is 44.2. The van der Waals surface area contributed by atoms with E-state index in [2.05, 4.69) is 527 Å². The van der Waals surface area contributed by atoms with Crippen LogP contribution >= 0.6 is 0 Å². The van der Waals surface area contributed by atoms with E-state index in [0.29, 0.717) is 0 Å². The molecule has 0 saturated heterocycles. The molecule has 0 aromatic heterocycles. The van der Waals surface area contributed by atoms with Crippen LogP contribution in [0.4, 0.5) is 102 Å². The normalized spacial score (nSPS) is 12.4. The van der Waals surface area contributed by atoms with Crippen molar-refractivity contribution in [3.05, 3.63) is 497 Å². The highest BCUT2D eigenvalue weighted by molar-refractivity contribution is 7.03. The van der Waals surface area contributed by atoms with Crippen molar-refractivity contribution < 1.29 is 0 Å². The maximum Gasteiger partial charge on any atom is 0.252 e. The number of benzene rings is 20. The lowest BCUT2D eigenvalue weighted by Gasteiger charge is -2.48. The number of para-hydroxylation sites is 10. The van der Waals surface area contributed by atoms with E-state index in [0.717, 1.165) is 180 Å². The lowest BCUT2D eigenvalue weighted by Crippen LogP contribution is -2.65. The predicted molar refractivity (Wildman–Crippen MR) is 542 cm³/mol. The smallest absolute Gasteiger partial charge is 0.252 e. The van der Waals surface area contributed by atoms with Gasteiger partial charge < -0.3 is 29.4 Å². The van der Waals surface area contributed by atoms with Crippen LogP contribution in [-0.2, 0) is 0 Å². The summed E-state index contributed by atoms with van der Waals surface area (Å²) in [6.45, 7) is -0.712. The van der Waals surface area contributed by atoms with Crippen LogP contribution in [0.15, 0.2) is 497 Å². The second-order valence-electron chi connectivity index (χ2n) is 33.3. The van der Waals surface area contributed by atoms with Crippen LogP contribution in [0.25, 0.3) is 77.9 Å². The number of nitrogens with zero attached hydrogens (tertiary/aromatic N) is 6. The average Bonchev–Trinajstić information content (AvgIpc) is 0.673. The van der Waals surface area contributed by atoms with Crippen LogP contribution in [0.2, 0.25) is 0 Å². The summed E-state index contributed by atoms with van der Waals surface area (Å²) in [4.78, 5) is 15.7. The molecule has 0 N–H and O–H groups in total. The maximum atomic E-state index is 2.73. The molecule has 4 aliphatic heterocycles. The molecule has 0 radical (unpaired) electrons. The Labute approximate surface area is 748 Å². The number of anilines is 18. The third-order valence-corrected chi connectivity index (χ3v) is 26.2. The predicted octanol–water partition coefficient (Wildman–Crippen LogP) is 28.5. The first kappa shape index (κ1) is 75.1. The van der Waals surface area contributed by atoms with Crippen LogP contribution in [-0.4, -0.2) is 13.4 Å². The minimum absolute atomic E-state index is 0.349. The van der Waals surface area contributed by atoms with Gasteiger partial charge in [-0.05, 0) is 169 Å². The van der Waals surface area contributed by atoms with Gasteiger partial charge in [0.15, 0.2) is 0 Å². The van der Waals surface area contributed by atoms with E-state index < -0.39 is 0 Å². The third-order valence-electron chi connectivity index (χ3n) is 26.2. The average molecular weight is 1630 g/mol. The Morgan fingerprint density at radius 1 is 0.148 bits per heavy atom. The first-order chi connectivity index (χ1) is 63.6. The van der Waals surface area contributed by atoms with Crippen LogP contribution in [0, 0.1) is 0 Å². The molecule has 0 fully saturated rings. The molecule has 24 rings (SSSR count). The quantitative estimate of drug-likeness (QED) is 0.0841. The highest BCUT2D eigenvalue weighted by Crippen LogP contribution is 2.58. The van der Waals surface area contributed by atoms with E-state index >= 15 is 0 Å². The molecule has 0 bridgehead atoms. The van der Waals surface area contributed by atoms with Crippen molar-refractivity contribution in [1.29, 1.82) is 0 Å². The molecular weight excluding hydrogens is 1550 g/mol. The second-order valence-corrected chi connectivity index (χ2v) is 33.3. The summed E-state index contributed by atoms with van der Waals surface area (Å²) in [7, 11) is 0. The molecular formula is C120H82B2N6. The molecule has 4 aliphatic rings. The molecule has 0 spiro atoms. The lowest BCUT2D eigenvalue weighted by molar-refractivity contribution is 1.21. The van der Waals surface area contributed by atoms with Gasteiger partial charge in [-0.2, -0.15) is 0 Å². The fraction of sp³-hybridized carbons (Fsp3) is 0. The Balaban J connectivity index is 0.878. The van der Waals surface area contributed by atoms with Gasteiger partial charge in [-0.15, -0.1) is 0 Å². The Morgan fingerprint density at radius 2 is 0.391 bits per heavy atom. The van der Waals surface area contributed by atoms with Gasteiger partial charge in [0.25, 0.3) is 13.4 Å². The van der Waals surface area contributed by atoms with E-state index in [1.165, 1.54) is 32.8 Å². The van der Waals surface area contributed by atoms with Crippen molar-refractivity contribution in [3.63, 3.8) is 0 Å². The van der Waals surface area contributed by atoms with Crippen LogP contribution in [0.3, 0.4) is 0 Å². The van der Waals surface area contributed by atoms with Gasteiger partial charge in [0.1, 0.15) is 0 Å². The molecule has 0 amide bonds. The molecule has 598 valence electrons. The van der Waals surface area contributed by atoms with Gasteiger partial charge >= 0.3 is 0 Å². The Kier molecular flexibility index (Phi) is 18.7. The van der Waals surface area contributed by atoms with Crippen LogP contribution in [0.1, 0.15) is 0 Å². The number of rotatable bonds is 17. The lowest BCUT2D eigenvalue weighted by atomic mass is 9.30. The molecule has 0 aliphatic carbocycles. The van der Waals surface area contributed by atoms with Crippen molar-refractivity contribution >= 4 is 149 Å². The summed E-state index contributed by atoms with van der Waals surface area (Å²) in [6, 6.07) is 185. The Morgan fingerprint density at radius 3 is 0.734 bits per heavy atom. The van der Waals surface area contributed by atoms with Crippen molar-refractivity contribution in [3.8, 4) is 77.9 Å². The van der Waals surface area contributed by atoms with E-state index in [9.17, 15) is 0 Å². The van der Waals surface area contributed by atoms with Gasteiger partial charge in [0.2, 0.25) is 0 Å². The molecule has 0 atom stereocenters. The van der Waals surface area contributed by atoms with E-state index in [4.69, 9.17) is 0 Å². The zero-order chi connectivity index (χ0) is 84.5. The monoisotopic (exact) mass is 1630 g/mol. The van der Waals surface area contributed by atoms with Crippen molar-refractivity contribution in [2.45, 2.75) is 0 Å². The summed E-state index contributed by atoms with van der Waals surface area (Å²) in [5.41, 5.74) is 41.6. The Hall–Kier alpha value is -16.7. The van der Waals surface area contributed by atoms with E-state index in [1.807, 2.05) is 0 Å². The summed E-state index contributed by atoms with van der Waals surface area (Å²) in [5.74, 6) is 0. The third kappa shape index (κ3) is 12.7. The van der Waals surface area contributed by atoms with Crippen molar-refractivity contribution in [2.75, 3.05) is 29.4 Å². The fourth-order valence-electron chi connectivity index (χ4n) is 20.8. The summed E-state index contributed by atoms with van der Waals surface area (Å²) in [5, 5.41) is 0. The molecule has 128 heavy (non-hydrogen) atoms. The summed E-state index contributed by atoms with van der Waals surface area (Å²) >= 11 is 0. The Bertz CT molecular complexity index is 7540. The molecule has 20 aromatic carbocycles. The van der Waals surface area contributed by atoms with E-state index in [-0.39, 0.29) is 13.4 Å². The first-order valence-electron chi connectivity index (χ1n) is 44.2. The van der Waals surface area contributed by atoms with Crippen LogP contribution < -0.4 is 62.2 Å². The van der Waals surface area contributed by atoms with Gasteiger partial charge in [-0.3, -0.25) is 0 Å². The zero-order valence-corrected chi connectivity index (χ0v) is 70.2. The fourth-order valence-corrected chi connectivity index (χ4v) is 20.8. The number of fused-ring (bicyclic) bond motifs is 8. The topological polar surface area (TPSA) is 19.4 Å².